The van der Waals surface area contributed by atoms with Crippen LogP contribution < -0.4 is 20.3 Å². The summed E-state index contributed by atoms with van der Waals surface area (Å²) in [5.74, 6) is 0.865. The predicted molar refractivity (Wildman–Crippen MR) is 95.7 cm³/mol. The van der Waals surface area contributed by atoms with Crippen molar-refractivity contribution in [3.63, 3.8) is 0 Å². The molecule has 1 atom stereocenters. The van der Waals surface area contributed by atoms with Crippen LogP contribution in [0.1, 0.15) is 19.3 Å². The predicted octanol–water partition coefficient (Wildman–Crippen LogP) is 1.10. The summed E-state index contributed by atoms with van der Waals surface area (Å²) in [4.78, 5) is 28.9. The third kappa shape index (κ3) is 3.96. The van der Waals surface area contributed by atoms with E-state index in [2.05, 4.69) is 10.3 Å². The first-order chi connectivity index (χ1) is 12.6. The molecule has 26 heavy (non-hydrogen) atoms. The molecule has 1 N–H and O–H groups in total. The van der Waals surface area contributed by atoms with Gasteiger partial charge < -0.3 is 19.5 Å². The molecule has 140 valence electrons. The van der Waals surface area contributed by atoms with E-state index in [1.165, 1.54) is 25.1 Å². The summed E-state index contributed by atoms with van der Waals surface area (Å²) in [7, 11) is 3.04. The van der Waals surface area contributed by atoms with Gasteiger partial charge in [0.05, 0.1) is 37.6 Å². The van der Waals surface area contributed by atoms with Gasteiger partial charge in [-0.15, -0.1) is 0 Å². The second kappa shape index (κ2) is 8.18. The van der Waals surface area contributed by atoms with E-state index < -0.39 is 0 Å². The van der Waals surface area contributed by atoms with Gasteiger partial charge in [0, 0.05) is 32.2 Å². The molecule has 8 heteroatoms. The molecular weight excluding hydrogens is 338 g/mol. The fourth-order valence-electron chi connectivity index (χ4n) is 2.99. The fourth-order valence-corrected chi connectivity index (χ4v) is 2.99. The second-order valence-electron chi connectivity index (χ2n) is 6.16. The summed E-state index contributed by atoms with van der Waals surface area (Å²) < 4.78 is 17.4. The van der Waals surface area contributed by atoms with Crippen molar-refractivity contribution in [2.45, 2.75) is 31.9 Å². The maximum Gasteiger partial charge on any atom is 0.261 e. The Balaban J connectivity index is 1.68. The van der Waals surface area contributed by atoms with E-state index in [4.69, 9.17) is 14.2 Å². The first-order valence-corrected chi connectivity index (χ1v) is 8.62. The Hall–Kier alpha value is -2.61. The number of nitrogens with one attached hydrogen (secondary N) is 1. The van der Waals surface area contributed by atoms with Crippen molar-refractivity contribution in [1.29, 1.82) is 0 Å². The van der Waals surface area contributed by atoms with Gasteiger partial charge in [0.1, 0.15) is 0 Å². The molecule has 2 aromatic rings. The number of benzene rings is 1. The lowest BCUT2D eigenvalue weighted by atomic mass is 10.2. The first-order valence-electron chi connectivity index (χ1n) is 8.62. The summed E-state index contributed by atoms with van der Waals surface area (Å²) in [6.07, 6.45) is 3.76. The Morgan fingerprint density at radius 2 is 2.12 bits per heavy atom. The first kappa shape index (κ1) is 18.2. The molecule has 1 aromatic carbocycles. The van der Waals surface area contributed by atoms with Gasteiger partial charge in [0.25, 0.3) is 5.56 Å². The van der Waals surface area contributed by atoms with Gasteiger partial charge in [0.2, 0.25) is 5.91 Å². The molecule has 2 heterocycles. The highest BCUT2D eigenvalue weighted by Gasteiger charge is 2.16. The van der Waals surface area contributed by atoms with E-state index in [1.54, 1.807) is 12.1 Å². The molecule has 1 aromatic heterocycles. The number of aromatic nitrogens is 2. The van der Waals surface area contributed by atoms with E-state index in [0.717, 1.165) is 19.4 Å². The number of carbonyl (C=O) groups is 1. The fraction of sp³-hybridized carbons (Fsp3) is 0.500. The van der Waals surface area contributed by atoms with E-state index in [9.17, 15) is 9.59 Å². The third-order valence-electron chi connectivity index (χ3n) is 4.46. The standard InChI is InChI=1S/C18H23N3O5/c1-24-15-8-13-14(9-16(15)25-2)20-11-21(18(13)23)6-5-17(22)19-10-12-4-3-7-26-12/h8-9,11-12H,3-7,10H2,1-2H3,(H,19,22)/t12-/m1/s1. The molecule has 0 unspecified atom stereocenters. The lowest BCUT2D eigenvalue weighted by Crippen LogP contribution is -2.33. The van der Waals surface area contributed by atoms with Gasteiger partial charge in [-0.05, 0) is 18.9 Å². The molecule has 0 spiro atoms. The van der Waals surface area contributed by atoms with E-state index in [1.807, 2.05) is 0 Å². The Morgan fingerprint density at radius 3 is 2.81 bits per heavy atom. The quantitative estimate of drug-likeness (QED) is 0.794. The summed E-state index contributed by atoms with van der Waals surface area (Å²) in [5.41, 5.74) is 0.301. The number of ether oxygens (including phenoxy) is 3. The van der Waals surface area contributed by atoms with E-state index in [0.29, 0.717) is 28.9 Å². The van der Waals surface area contributed by atoms with Crippen LogP contribution in [-0.4, -0.2) is 48.9 Å². The Labute approximate surface area is 151 Å². The minimum absolute atomic E-state index is 0.103. The maximum atomic E-state index is 12.7. The minimum Gasteiger partial charge on any atom is -0.493 e. The number of nitrogens with zero attached hydrogens (tertiary/aromatic N) is 2. The van der Waals surface area contributed by atoms with Gasteiger partial charge in [-0.25, -0.2) is 4.98 Å². The lowest BCUT2D eigenvalue weighted by molar-refractivity contribution is -0.121. The van der Waals surface area contributed by atoms with Crippen molar-refractivity contribution >= 4 is 16.8 Å². The second-order valence-corrected chi connectivity index (χ2v) is 6.16. The molecule has 0 saturated carbocycles. The van der Waals surface area contributed by atoms with Crippen LogP contribution in [-0.2, 0) is 16.1 Å². The van der Waals surface area contributed by atoms with Gasteiger partial charge in [-0.2, -0.15) is 0 Å². The molecular formula is C18H23N3O5. The average molecular weight is 361 g/mol. The van der Waals surface area contributed by atoms with Gasteiger partial charge in [0.15, 0.2) is 11.5 Å². The van der Waals surface area contributed by atoms with Crippen LogP contribution in [0.5, 0.6) is 11.5 Å². The molecule has 1 saturated heterocycles. The summed E-state index contributed by atoms with van der Waals surface area (Å²) in [6, 6.07) is 3.27. The van der Waals surface area contributed by atoms with Crippen molar-refractivity contribution in [2.75, 3.05) is 27.4 Å². The molecule has 0 radical (unpaired) electrons. The normalized spacial score (nSPS) is 16.6. The number of fused-ring (bicyclic) bond motifs is 1. The van der Waals surface area contributed by atoms with Crippen molar-refractivity contribution in [1.82, 2.24) is 14.9 Å². The van der Waals surface area contributed by atoms with Gasteiger partial charge >= 0.3 is 0 Å². The van der Waals surface area contributed by atoms with Crippen LogP contribution in [0.15, 0.2) is 23.3 Å². The molecule has 1 amide bonds. The zero-order valence-corrected chi connectivity index (χ0v) is 15.0. The molecule has 1 aliphatic rings. The molecule has 0 aliphatic carbocycles. The number of methoxy groups -OCH3 is 2. The SMILES string of the molecule is COc1cc2ncn(CCC(=O)NC[C@H]3CCCO3)c(=O)c2cc1OC. The third-order valence-corrected chi connectivity index (χ3v) is 4.46. The average Bonchev–Trinajstić information content (AvgIpc) is 3.18. The topological polar surface area (TPSA) is 91.7 Å². The van der Waals surface area contributed by atoms with Crippen molar-refractivity contribution in [3.8, 4) is 11.5 Å². The number of carbonyl (C=O) groups excluding carboxylic acids is 1. The highest BCUT2D eigenvalue weighted by Crippen LogP contribution is 2.29. The molecule has 1 fully saturated rings. The summed E-state index contributed by atoms with van der Waals surface area (Å²) >= 11 is 0. The number of aryl methyl sites for hydroxylation is 1. The van der Waals surface area contributed by atoms with Crippen LogP contribution in [0.2, 0.25) is 0 Å². The Kier molecular flexibility index (Phi) is 5.72. The van der Waals surface area contributed by atoms with Crippen LogP contribution in [0.3, 0.4) is 0 Å². The highest BCUT2D eigenvalue weighted by molar-refractivity contribution is 5.81. The largest absolute Gasteiger partial charge is 0.493 e. The van der Waals surface area contributed by atoms with Crippen LogP contribution >= 0.6 is 0 Å². The Bertz CT molecular complexity index is 843. The van der Waals surface area contributed by atoms with Crippen molar-refractivity contribution in [2.24, 2.45) is 0 Å². The van der Waals surface area contributed by atoms with Crippen molar-refractivity contribution < 1.29 is 19.0 Å². The summed E-state index contributed by atoms with van der Waals surface area (Å²) in [5, 5.41) is 3.27. The van der Waals surface area contributed by atoms with Gasteiger partial charge in [-0.1, -0.05) is 0 Å². The maximum absolute atomic E-state index is 12.7. The van der Waals surface area contributed by atoms with Crippen LogP contribution in [0, 0.1) is 0 Å². The molecule has 0 bridgehead atoms. The number of amides is 1. The van der Waals surface area contributed by atoms with E-state index in [-0.39, 0.29) is 30.5 Å². The lowest BCUT2D eigenvalue weighted by Gasteiger charge is -2.12. The number of rotatable bonds is 7. The number of hydrogen-bond acceptors (Lipinski definition) is 6. The smallest absolute Gasteiger partial charge is 0.261 e. The molecule has 8 nitrogen and oxygen atoms in total. The number of hydrogen-bond donors (Lipinski definition) is 1. The van der Waals surface area contributed by atoms with Crippen molar-refractivity contribution in [3.05, 3.63) is 28.8 Å². The zero-order chi connectivity index (χ0) is 18.5. The zero-order valence-electron chi connectivity index (χ0n) is 15.0. The summed E-state index contributed by atoms with van der Waals surface area (Å²) in [6.45, 7) is 1.53. The minimum atomic E-state index is -0.220. The van der Waals surface area contributed by atoms with Gasteiger partial charge in [-0.3, -0.25) is 14.2 Å². The van der Waals surface area contributed by atoms with Crippen LogP contribution in [0.4, 0.5) is 0 Å². The van der Waals surface area contributed by atoms with Crippen LogP contribution in [0.25, 0.3) is 10.9 Å². The Morgan fingerprint density at radius 1 is 1.35 bits per heavy atom. The molecule has 1 aliphatic heterocycles. The van der Waals surface area contributed by atoms with E-state index >= 15 is 0 Å². The highest BCUT2D eigenvalue weighted by atomic mass is 16.5. The molecule has 3 rings (SSSR count). The monoisotopic (exact) mass is 361 g/mol.